The fourth-order valence-electron chi connectivity index (χ4n) is 2.56. The first kappa shape index (κ1) is 23.0. The molecule has 3 aromatic rings. The molecule has 9 heteroatoms. The maximum absolute atomic E-state index is 12.2. The lowest BCUT2D eigenvalue weighted by atomic mass is 10.1. The van der Waals surface area contributed by atoms with Gasteiger partial charge in [0.25, 0.3) is 0 Å². The minimum Gasteiger partial charge on any atom is -0.423 e. The molecule has 2 amide bonds. The summed E-state index contributed by atoms with van der Waals surface area (Å²) >= 11 is 11.8. The number of amides is 2. The van der Waals surface area contributed by atoms with Crippen molar-refractivity contribution in [3.05, 3.63) is 93.5 Å². The molecule has 0 aromatic heterocycles. The quantitative estimate of drug-likeness (QED) is 0.187. The number of hydrogen-bond donors (Lipinski definition) is 2. The molecule has 0 saturated carbocycles. The van der Waals surface area contributed by atoms with Crippen molar-refractivity contribution in [2.24, 2.45) is 5.10 Å². The first-order chi connectivity index (χ1) is 15.3. The number of halogens is 2. The fourth-order valence-corrected chi connectivity index (χ4v) is 2.90. The summed E-state index contributed by atoms with van der Waals surface area (Å²) in [7, 11) is 0. The zero-order chi connectivity index (χ0) is 23.1. The molecule has 0 radical (unpaired) electrons. The summed E-state index contributed by atoms with van der Waals surface area (Å²) in [5, 5.41) is 6.47. The lowest BCUT2D eigenvalue weighted by molar-refractivity contribution is -0.136. The van der Waals surface area contributed by atoms with Crippen molar-refractivity contribution >= 4 is 52.9 Å². The normalized spacial score (nSPS) is 10.6. The Kier molecular flexibility index (Phi) is 7.59. The number of rotatable bonds is 5. The Morgan fingerprint density at radius 3 is 2.38 bits per heavy atom. The number of anilines is 1. The van der Waals surface area contributed by atoms with Crippen LogP contribution in [-0.2, 0) is 9.59 Å². The molecule has 162 valence electrons. The number of carbonyl (C=O) groups is 3. The maximum Gasteiger partial charge on any atom is 0.343 e. The standard InChI is InChI=1S/C23H17Cl2N3O4/c1-14-4-2-5-16(12-14)23(31)32-17-10-8-15(9-11-17)13-26-28-22(30)21(29)27-19-7-3-6-18(24)20(19)25/h2-13H,1H3,(H,27,29)(H,28,30)/b26-13+. The van der Waals surface area contributed by atoms with Crippen LogP contribution < -0.4 is 15.5 Å². The van der Waals surface area contributed by atoms with E-state index in [1.54, 1.807) is 54.6 Å². The van der Waals surface area contributed by atoms with Gasteiger partial charge in [0.05, 0.1) is 27.5 Å². The van der Waals surface area contributed by atoms with E-state index in [1.807, 2.05) is 13.0 Å². The van der Waals surface area contributed by atoms with E-state index >= 15 is 0 Å². The molecule has 32 heavy (non-hydrogen) atoms. The van der Waals surface area contributed by atoms with Gasteiger partial charge in [-0.2, -0.15) is 5.10 Å². The molecule has 0 aliphatic rings. The lowest BCUT2D eigenvalue weighted by Crippen LogP contribution is -2.32. The van der Waals surface area contributed by atoms with Crippen LogP contribution in [0.5, 0.6) is 5.75 Å². The Morgan fingerprint density at radius 2 is 1.66 bits per heavy atom. The highest BCUT2D eigenvalue weighted by Crippen LogP contribution is 2.29. The van der Waals surface area contributed by atoms with Crippen molar-refractivity contribution in [2.75, 3.05) is 5.32 Å². The van der Waals surface area contributed by atoms with Gasteiger partial charge in [0, 0.05) is 0 Å². The molecule has 3 rings (SSSR count). The summed E-state index contributed by atoms with van der Waals surface area (Å²) in [6.45, 7) is 1.89. The van der Waals surface area contributed by atoms with Crippen molar-refractivity contribution in [3.63, 3.8) is 0 Å². The van der Waals surface area contributed by atoms with Crippen LogP contribution in [0.2, 0.25) is 10.0 Å². The predicted octanol–water partition coefficient (Wildman–Crippen LogP) is 4.61. The zero-order valence-corrected chi connectivity index (χ0v) is 18.3. The van der Waals surface area contributed by atoms with E-state index in [4.69, 9.17) is 27.9 Å². The van der Waals surface area contributed by atoms with E-state index in [0.717, 1.165) is 5.56 Å². The molecule has 0 unspecified atom stereocenters. The second-order valence-electron chi connectivity index (χ2n) is 6.58. The van der Waals surface area contributed by atoms with Gasteiger partial charge >= 0.3 is 17.8 Å². The van der Waals surface area contributed by atoms with Crippen molar-refractivity contribution in [2.45, 2.75) is 6.92 Å². The zero-order valence-electron chi connectivity index (χ0n) is 16.8. The van der Waals surface area contributed by atoms with Gasteiger partial charge in [0.1, 0.15) is 5.75 Å². The van der Waals surface area contributed by atoms with Crippen molar-refractivity contribution in [1.29, 1.82) is 0 Å². The molecular weight excluding hydrogens is 453 g/mol. The molecule has 0 fully saturated rings. The Morgan fingerprint density at radius 1 is 0.938 bits per heavy atom. The lowest BCUT2D eigenvalue weighted by Gasteiger charge is -2.07. The van der Waals surface area contributed by atoms with Crippen LogP contribution in [0.15, 0.2) is 71.8 Å². The molecule has 0 aliphatic heterocycles. The van der Waals surface area contributed by atoms with Crippen molar-refractivity contribution in [3.8, 4) is 5.75 Å². The second-order valence-corrected chi connectivity index (χ2v) is 7.37. The average molecular weight is 470 g/mol. The fraction of sp³-hybridized carbons (Fsp3) is 0.0435. The van der Waals surface area contributed by atoms with Gasteiger partial charge in [-0.25, -0.2) is 10.2 Å². The minimum atomic E-state index is -0.985. The van der Waals surface area contributed by atoms with Crippen LogP contribution in [0.3, 0.4) is 0 Å². The van der Waals surface area contributed by atoms with Gasteiger partial charge in [-0.15, -0.1) is 0 Å². The van der Waals surface area contributed by atoms with E-state index < -0.39 is 17.8 Å². The van der Waals surface area contributed by atoms with Gasteiger partial charge < -0.3 is 10.1 Å². The number of carbonyl (C=O) groups excluding carboxylic acids is 3. The summed E-state index contributed by atoms with van der Waals surface area (Å²) in [6.07, 6.45) is 1.34. The van der Waals surface area contributed by atoms with Crippen LogP contribution >= 0.6 is 23.2 Å². The summed E-state index contributed by atoms with van der Waals surface area (Å²) in [5.41, 5.74) is 4.34. The van der Waals surface area contributed by atoms with Gasteiger partial charge in [0.15, 0.2) is 0 Å². The molecule has 0 aliphatic carbocycles. The number of hydrazone groups is 1. The van der Waals surface area contributed by atoms with E-state index in [-0.39, 0.29) is 15.7 Å². The monoisotopic (exact) mass is 469 g/mol. The molecule has 0 spiro atoms. The van der Waals surface area contributed by atoms with E-state index in [2.05, 4.69) is 15.8 Å². The first-order valence-electron chi connectivity index (χ1n) is 9.31. The molecule has 0 saturated heterocycles. The van der Waals surface area contributed by atoms with Crippen LogP contribution in [0.1, 0.15) is 21.5 Å². The number of nitrogens with zero attached hydrogens (tertiary/aromatic N) is 1. The number of ether oxygens (including phenoxy) is 1. The molecule has 7 nitrogen and oxygen atoms in total. The molecule has 0 heterocycles. The van der Waals surface area contributed by atoms with Crippen molar-refractivity contribution < 1.29 is 19.1 Å². The first-order valence-corrected chi connectivity index (χ1v) is 10.1. The molecule has 3 aromatic carbocycles. The Balaban J connectivity index is 1.53. The van der Waals surface area contributed by atoms with Crippen LogP contribution in [0.25, 0.3) is 0 Å². The molecule has 2 N–H and O–H groups in total. The van der Waals surface area contributed by atoms with E-state index in [9.17, 15) is 14.4 Å². The highest BCUT2D eigenvalue weighted by Gasteiger charge is 2.15. The third-order valence-corrected chi connectivity index (χ3v) is 4.95. The van der Waals surface area contributed by atoms with Gasteiger partial charge in [0.2, 0.25) is 0 Å². The summed E-state index contributed by atoms with van der Waals surface area (Å²) in [5.74, 6) is -2.05. The number of benzene rings is 3. The maximum atomic E-state index is 12.2. The van der Waals surface area contributed by atoms with E-state index in [1.165, 1.54) is 12.3 Å². The van der Waals surface area contributed by atoms with Crippen LogP contribution in [0.4, 0.5) is 5.69 Å². The Bertz CT molecular complexity index is 1190. The Hall–Kier alpha value is -3.68. The van der Waals surface area contributed by atoms with Gasteiger partial charge in [-0.1, -0.05) is 47.0 Å². The summed E-state index contributed by atoms with van der Waals surface area (Å²) < 4.78 is 5.33. The average Bonchev–Trinajstić information content (AvgIpc) is 2.78. The predicted molar refractivity (Wildman–Crippen MR) is 123 cm³/mol. The summed E-state index contributed by atoms with van der Waals surface area (Å²) in [4.78, 5) is 36.0. The topological polar surface area (TPSA) is 96.9 Å². The second kappa shape index (κ2) is 10.6. The Labute approximate surface area is 194 Å². The van der Waals surface area contributed by atoms with Crippen molar-refractivity contribution in [1.82, 2.24) is 5.43 Å². The number of esters is 1. The molecule has 0 bridgehead atoms. The van der Waals surface area contributed by atoms with Crippen LogP contribution in [-0.4, -0.2) is 24.0 Å². The van der Waals surface area contributed by atoms with E-state index in [0.29, 0.717) is 16.9 Å². The third-order valence-electron chi connectivity index (χ3n) is 4.13. The largest absolute Gasteiger partial charge is 0.423 e. The molecular formula is C23H17Cl2N3O4. The summed E-state index contributed by atoms with van der Waals surface area (Å²) in [6, 6.07) is 18.2. The number of nitrogens with one attached hydrogen (secondary N) is 2. The third kappa shape index (κ3) is 6.16. The smallest absolute Gasteiger partial charge is 0.343 e. The number of hydrogen-bond acceptors (Lipinski definition) is 5. The van der Waals surface area contributed by atoms with Crippen LogP contribution in [0, 0.1) is 6.92 Å². The van der Waals surface area contributed by atoms with Gasteiger partial charge in [-0.3, -0.25) is 9.59 Å². The SMILES string of the molecule is Cc1cccc(C(=O)Oc2ccc(/C=N/NC(=O)C(=O)Nc3cccc(Cl)c3Cl)cc2)c1. The highest BCUT2D eigenvalue weighted by atomic mass is 35.5. The minimum absolute atomic E-state index is 0.127. The van der Waals surface area contributed by atoms with Gasteiger partial charge in [-0.05, 0) is 61.0 Å². The molecule has 0 atom stereocenters. The highest BCUT2D eigenvalue weighted by molar-refractivity contribution is 6.45. The number of aryl methyl sites for hydroxylation is 1.